The molecule has 6 heteroatoms. The maximum absolute atomic E-state index is 13.0. The van der Waals surface area contributed by atoms with Gasteiger partial charge in [0.05, 0.1) is 0 Å². The van der Waals surface area contributed by atoms with E-state index in [1.807, 2.05) is 0 Å². The van der Waals surface area contributed by atoms with Crippen molar-refractivity contribution < 1.29 is 28.6 Å². The van der Waals surface area contributed by atoms with Gasteiger partial charge in [0.2, 0.25) is 0 Å². The summed E-state index contributed by atoms with van der Waals surface area (Å²) in [7, 11) is 0. The van der Waals surface area contributed by atoms with Crippen molar-refractivity contribution in [3.8, 4) is 0 Å². The summed E-state index contributed by atoms with van der Waals surface area (Å²) in [5.41, 5.74) is 0. The Hall–Kier alpha value is -4.19. The highest BCUT2D eigenvalue weighted by Gasteiger charge is 2.19. The zero-order valence-electron chi connectivity index (χ0n) is 53.7. The number of rotatable bonds is 62. The molecule has 0 rings (SSSR count). The van der Waals surface area contributed by atoms with E-state index in [4.69, 9.17) is 14.2 Å². The van der Waals surface area contributed by atoms with Crippen molar-refractivity contribution in [1.29, 1.82) is 0 Å². The lowest BCUT2D eigenvalue weighted by atomic mass is 10.0. The Morgan fingerprint density at radius 2 is 0.488 bits per heavy atom. The molecule has 0 aromatic heterocycles. The normalized spacial score (nSPS) is 12.9. The first-order chi connectivity index (χ1) is 40.5. The molecule has 6 nitrogen and oxygen atoms in total. The van der Waals surface area contributed by atoms with Crippen LogP contribution in [0.15, 0.2) is 122 Å². The van der Waals surface area contributed by atoms with Crippen molar-refractivity contribution in [2.45, 2.75) is 329 Å². The van der Waals surface area contributed by atoms with Gasteiger partial charge < -0.3 is 14.2 Å². The minimum absolute atomic E-state index is 0.102. The molecule has 1 unspecified atom stereocenters. The Morgan fingerprint density at radius 3 is 0.817 bits per heavy atom. The molecule has 0 aromatic carbocycles. The molecule has 1 atom stereocenters. The Morgan fingerprint density at radius 1 is 0.256 bits per heavy atom. The summed E-state index contributed by atoms with van der Waals surface area (Å²) in [5, 5.41) is 0. The van der Waals surface area contributed by atoms with Crippen molar-refractivity contribution in [3.05, 3.63) is 122 Å². The van der Waals surface area contributed by atoms with E-state index in [0.29, 0.717) is 19.3 Å². The minimum atomic E-state index is -0.811. The van der Waals surface area contributed by atoms with Crippen LogP contribution in [0.2, 0.25) is 0 Å². The van der Waals surface area contributed by atoms with E-state index in [-0.39, 0.29) is 37.5 Å². The molecule has 0 bridgehead atoms. The van der Waals surface area contributed by atoms with Crippen LogP contribution in [-0.2, 0) is 28.6 Å². The number of carbonyl (C=O) groups is 3. The van der Waals surface area contributed by atoms with Crippen LogP contribution in [0.4, 0.5) is 0 Å². The molecule has 0 aliphatic rings. The molecule has 0 N–H and O–H groups in total. The second-order valence-electron chi connectivity index (χ2n) is 22.7. The van der Waals surface area contributed by atoms with Crippen LogP contribution in [0, 0.1) is 0 Å². The van der Waals surface area contributed by atoms with Crippen LogP contribution >= 0.6 is 0 Å². The van der Waals surface area contributed by atoms with Crippen LogP contribution in [0.25, 0.3) is 0 Å². The summed E-state index contributed by atoms with van der Waals surface area (Å²) in [4.78, 5) is 38.4. The monoisotopic (exact) mass is 1140 g/mol. The van der Waals surface area contributed by atoms with E-state index >= 15 is 0 Å². The van der Waals surface area contributed by atoms with E-state index in [1.165, 1.54) is 173 Å². The van der Waals surface area contributed by atoms with E-state index in [2.05, 4.69) is 142 Å². The van der Waals surface area contributed by atoms with Crippen molar-refractivity contribution in [3.63, 3.8) is 0 Å². The van der Waals surface area contributed by atoms with Crippen LogP contribution in [-0.4, -0.2) is 37.2 Å². The quantitative estimate of drug-likeness (QED) is 0.0261. The summed E-state index contributed by atoms with van der Waals surface area (Å²) in [6.07, 6.45) is 96.4. The average molecular weight is 1140 g/mol. The minimum Gasteiger partial charge on any atom is -0.462 e. The van der Waals surface area contributed by atoms with E-state index in [9.17, 15) is 14.4 Å². The molecular weight excluding hydrogens is 1010 g/mol. The third kappa shape index (κ3) is 66.6. The summed E-state index contributed by atoms with van der Waals surface area (Å²) in [6.45, 7) is 6.48. The Labute approximate surface area is 507 Å². The fourth-order valence-electron chi connectivity index (χ4n) is 9.52. The van der Waals surface area contributed by atoms with Gasteiger partial charge >= 0.3 is 17.9 Å². The third-order valence-electron chi connectivity index (χ3n) is 14.7. The van der Waals surface area contributed by atoms with E-state index < -0.39 is 6.10 Å². The lowest BCUT2D eigenvalue weighted by Gasteiger charge is -2.18. The van der Waals surface area contributed by atoms with Crippen LogP contribution in [0.3, 0.4) is 0 Å². The number of hydrogen-bond donors (Lipinski definition) is 0. The van der Waals surface area contributed by atoms with Gasteiger partial charge in [-0.05, 0) is 128 Å². The van der Waals surface area contributed by atoms with Gasteiger partial charge in [-0.1, -0.05) is 296 Å². The lowest BCUT2D eigenvalue weighted by molar-refractivity contribution is -0.167. The predicted molar refractivity (Wildman–Crippen MR) is 357 cm³/mol. The smallest absolute Gasteiger partial charge is 0.306 e. The standard InChI is InChI=1S/C76H128O6/c1-4-7-10-13-16-19-22-25-28-31-34-36-38-40-42-45-48-51-54-57-60-63-66-69-75(78)81-72-73(71-80-74(77)68-65-62-59-56-53-50-47-44-33-30-27-24-21-18-15-12-9-6-3)82-76(79)70-67-64-61-58-55-52-49-46-43-41-39-37-35-32-29-26-23-20-17-14-11-8-5-2/h7,10,16,19,21,24-25,28,30,32-36,40,42,48,51,57,60,73H,4-6,8-9,11-15,17-18,20,22-23,26-27,29,31,37-39,41,43-47,49-50,52-56,58-59,61-72H2,1-3H3/b10-7-,19-16-,24-21-,28-25-,33-30-,35-32-,36-34-,42-40-,51-48-,60-57-. The van der Waals surface area contributed by atoms with Gasteiger partial charge in [-0.25, -0.2) is 0 Å². The first-order valence-electron chi connectivity index (χ1n) is 34.5. The molecule has 0 saturated carbocycles. The van der Waals surface area contributed by atoms with E-state index in [1.54, 1.807) is 0 Å². The first kappa shape index (κ1) is 77.8. The molecule has 0 heterocycles. The zero-order chi connectivity index (χ0) is 59.2. The SMILES string of the molecule is CC/C=C\C/C=C\C/C=C\C/C=C\C/C=C\C/C=C\C/C=C\CCCC(=O)OCC(COC(=O)CCCCCCCCC/C=C\C/C=C\CCCCCC)OC(=O)CCCCCCCCCCCCC/C=C\CCCCCCCCCC. The molecule has 468 valence electrons. The summed E-state index contributed by atoms with van der Waals surface area (Å²) in [6, 6.07) is 0. The second-order valence-corrected chi connectivity index (χ2v) is 22.7. The second kappa shape index (κ2) is 69.3. The number of hydrogen-bond acceptors (Lipinski definition) is 6. The van der Waals surface area contributed by atoms with Crippen LogP contribution < -0.4 is 0 Å². The maximum Gasteiger partial charge on any atom is 0.306 e. The topological polar surface area (TPSA) is 78.9 Å². The van der Waals surface area contributed by atoms with Crippen molar-refractivity contribution in [2.24, 2.45) is 0 Å². The first-order valence-corrected chi connectivity index (χ1v) is 34.5. The third-order valence-corrected chi connectivity index (χ3v) is 14.7. The highest BCUT2D eigenvalue weighted by atomic mass is 16.6. The zero-order valence-corrected chi connectivity index (χ0v) is 53.7. The highest BCUT2D eigenvalue weighted by molar-refractivity contribution is 5.71. The molecule has 0 radical (unpaired) electrons. The lowest BCUT2D eigenvalue weighted by Crippen LogP contribution is -2.30. The Balaban J connectivity index is 4.48. The fraction of sp³-hybridized carbons (Fsp3) is 0.697. The van der Waals surface area contributed by atoms with Gasteiger partial charge in [-0.2, -0.15) is 0 Å². The van der Waals surface area contributed by atoms with Gasteiger partial charge in [0, 0.05) is 19.3 Å². The van der Waals surface area contributed by atoms with Gasteiger partial charge in [0.1, 0.15) is 13.2 Å². The van der Waals surface area contributed by atoms with Crippen LogP contribution in [0.1, 0.15) is 323 Å². The van der Waals surface area contributed by atoms with Gasteiger partial charge in [0.25, 0.3) is 0 Å². The number of carbonyl (C=O) groups excluding carboxylic acids is 3. The highest BCUT2D eigenvalue weighted by Crippen LogP contribution is 2.16. The maximum atomic E-state index is 13.0. The molecule has 0 amide bonds. The Bertz CT molecular complexity index is 1690. The molecular formula is C76H128O6. The number of ether oxygens (including phenoxy) is 3. The van der Waals surface area contributed by atoms with Crippen molar-refractivity contribution >= 4 is 17.9 Å². The predicted octanol–water partition coefficient (Wildman–Crippen LogP) is 23.9. The van der Waals surface area contributed by atoms with Gasteiger partial charge in [-0.15, -0.1) is 0 Å². The van der Waals surface area contributed by atoms with Crippen molar-refractivity contribution in [2.75, 3.05) is 13.2 Å². The van der Waals surface area contributed by atoms with Crippen molar-refractivity contribution in [1.82, 2.24) is 0 Å². The van der Waals surface area contributed by atoms with E-state index in [0.717, 1.165) is 103 Å². The molecule has 0 aliphatic heterocycles. The summed E-state index contributed by atoms with van der Waals surface area (Å²) >= 11 is 0. The van der Waals surface area contributed by atoms with Gasteiger partial charge in [-0.3, -0.25) is 14.4 Å². The summed E-state index contributed by atoms with van der Waals surface area (Å²) in [5.74, 6) is -0.962. The fourth-order valence-corrected chi connectivity index (χ4v) is 9.52. The molecule has 82 heavy (non-hydrogen) atoms. The summed E-state index contributed by atoms with van der Waals surface area (Å²) < 4.78 is 16.9. The Kier molecular flexibility index (Phi) is 65.8. The van der Waals surface area contributed by atoms with Crippen LogP contribution in [0.5, 0.6) is 0 Å². The number of unbranched alkanes of at least 4 members (excludes halogenated alkanes) is 31. The van der Waals surface area contributed by atoms with Gasteiger partial charge in [0.15, 0.2) is 6.10 Å². The molecule has 0 spiro atoms. The number of allylic oxidation sites excluding steroid dienone is 20. The average Bonchev–Trinajstić information content (AvgIpc) is 3.47. The molecule has 0 aromatic rings. The largest absolute Gasteiger partial charge is 0.462 e. The number of esters is 3. The molecule has 0 fully saturated rings. The molecule has 0 aliphatic carbocycles. The molecule has 0 saturated heterocycles.